The highest BCUT2D eigenvalue weighted by atomic mass is 127. The van der Waals surface area contributed by atoms with Gasteiger partial charge in [0.1, 0.15) is 0 Å². The van der Waals surface area contributed by atoms with E-state index < -0.39 is 5.82 Å². The molecule has 88 valence electrons. The number of halogens is 2. The third-order valence-corrected chi connectivity index (χ3v) is 2.59. The zero-order valence-corrected chi connectivity index (χ0v) is 11.1. The molecule has 1 aromatic heterocycles. The number of nitrogens with zero attached hydrogens (tertiary/aromatic N) is 2. The fourth-order valence-electron chi connectivity index (χ4n) is 1.25. The minimum Gasteiger partial charge on any atom is -0.494 e. The molecule has 0 bridgehead atoms. The Morgan fingerprint density at radius 2 is 2.00 bits per heavy atom. The van der Waals surface area contributed by atoms with Gasteiger partial charge in [0.25, 0.3) is 0 Å². The number of rotatable bonds is 3. The molecule has 0 saturated carbocycles. The standard InChI is InChI=1S/C11H9FIN3O/c1-17-10-3-2-8(4-9(10)12)16-11-14-5-7(13)6-15-11/h2-6H,1H3,(H,14,15,16). The van der Waals surface area contributed by atoms with Gasteiger partial charge in [-0.25, -0.2) is 14.4 Å². The largest absolute Gasteiger partial charge is 0.494 e. The van der Waals surface area contributed by atoms with Gasteiger partial charge in [-0.1, -0.05) is 0 Å². The lowest BCUT2D eigenvalue weighted by Crippen LogP contribution is -1.97. The Morgan fingerprint density at radius 1 is 1.29 bits per heavy atom. The van der Waals surface area contributed by atoms with Crippen LogP contribution in [0.2, 0.25) is 0 Å². The maximum absolute atomic E-state index is 13.4. The summed E-state index contributed by atoms with van der Waals surface area (Å²) in [6.45, 7) is 0. The van der Waals surface area contributed by atoms with E-state index in [9.17, 15) is 4.39 Å². The number of hydrogen-bond donors (Lipinski definition) is 1. The molecular formula is C11H9FIN3O. The lowest BCUT2D eigenvalue weighted by molar-refractivity contribution is 0.386. The number of hydrogen-bond acceptors (Lipinski definition) is 4. The topological polar surface area (TPSA) is 47.0 Å². The summed E-state index contributed by atoms with van der Waals surface area (Å²) in [6, 6.07) is 4.58. The first-order chi connectivity index (χ1) is 8.19. The van der Waals surface area contributed by atoms with Crippen LogP contribution in [-0.4, -0.2) is 17.1 Å². The second kappa shape index (κ2) is 5.26. The van der Waals surface area contributed by atoms with Crippen LogP contribution in [-0.2, 0) is 0 Å². The quantitative estimate of drug-likeness (QED) is 0.869. The van der Waals surface area contributed by atoms with Gasteiger partial charge in [0.05, 0.1) is 7.11 Å². The smallest absolute Gasteiger partial charge is 0.227 e. The van der Waals surface area contributed by atoms with E-state index in [2.05, 4.69) is 37.9 Å². The summed E-state index contributed by atoms with van der Waals surface area (Å²) in [5.74, 6) is 0.206. The van der Waals surface area contributed by atoms with Gasteiger partial charge in [0.2, 0.25) is 5.95 Å². The van der Waals surface area contributed by atoms with E-state index in [1.807, 2.05) is 0 Å². The van der Waals surface area contributed by atoms with Gasteiger partial charge < -0.3 is 10.1 Å². The van der Waals surface area contributed by atoms with Crippen LogP contribution >= 0.6 is 22.6 Å². The van der Waals surface area contributed by atoms with E-state index in [4.69, 9.17) is 4.74 Å². The Balaban J connectivity index is 2.19. The summed E-state index contributed by atoms with van der Waals surface area (Å²) in [4.78, 5) is 8.12. The molecule has 6 heteroatoms. The first-order valence-electron chi connectivity index (χ1n) is 4.77. The van der Waals surface area contributed by atoms with Crippen LogP contribution in [0.15, 0.2) is 30.6 Å². The molecule has 2 rings (SSSR count). The number of methoxy groups -OCH3 is 1. The second-order valence-corrected chi connectivity index (χ2v) is 4.44. The molecule has 0 atom stereocenters. The van der Waals surface area contributed by atoms with Crippen molar-refractivity contribution in [2.75, 3.05) is 12.4 Å². The van der Waals surface area contributed by atoms with Crippen molar-refractivity contribution in [2.24, 2.45) is 0 Å². The van der Waals surface area contributed by atoms with Crippen LogP contribution in [0.3, 0.4) is 0 Å². The number of ether oxygens (including phenoxy) is 1. The minimum absolute atomic E-state index is 0.207. The molecule has 1 heterocycles. The molecule has 0 amide bonds. The lowest BCUT2D eigenvalue weighted by atomic mass is 10.3. The minimum atomic E-state index is -0.428. The van der Waals surface area contributed by atoms with Crippen molar-refractivity contribution in [3.63, 3.8) is 0 Å². The summed E-state index contributed by atoms with van der Waals surface area (Å²) in [5, 5.41) is 2.90. The van der Waals surface area contributed by atoms with Gasteiger partial charge in [-0.15, -0.1) is 0 Å². The zero-order valence-electron chi connectivity index (χ0n) is 8.95. The highest BCUT2D eigenvalue weighted by Gasteiger charge is 2.04. The van der Waals surface area contributed by atoms with Crippen molar-refractivity contribution in [3.8, 4) is 5.75 Å². The van der Waals surface area contributed by atoms with Crippen molar-refractivity contribution >= 4 is 34.2 Å². The van der Waals surface area contributed by atoms with Crippen molar-refractivity contribution in [1.82, 2.24) is 9.97 Å². The molecule has 4 nitrogen and oxygen atoms in total. The molecule has 0 aliphatic rings. The maximum Gasteiger partial charge on any atom is 0.227 e. The normalized spacial score (nSPS) is 10.1. The van der Waals surface area contributed by atoms with Crippen LogP contribution < -0.4 is 10.1 Å². The lowest BCUT2D eigenvalue weighted by Gasteiger charge is -2.06. The monoisotopic (exact) mass is 345 g/mol. The average Bonchev–Trinajstić information content (AvgIpc) is 2.32. The molecule has 0 aliphatic carbocycles. The van der Waals surface area contributed by atoms with Gasteiger partial charge in [-0.05, 0) is 34.7 Å². The van der Waals surface area contributed by atoms with Gasteiger partial charge in [0, 0.05) is 27.7 Å². The van der Waals surface area contributed by atoms with E-state index in [1.54, 1.807) is 24.5 Å². The summed E-state index contributed by atoms with van der Waals surface area (Å²) in [7, 11) is 1.42. The third kappa shape index (κ3) is 3.02. The molecule has 0 saturated heterocycles. The van der Waals surface area contributed by atoms with E-state index in [0.29, 0.717) is 11.6 Å². The van der Waals surface area contributed by atoms with E-state index in [-0.39, 0.29) is 5.75 Å². The number of nitrogens with one attached hydrogen (secondary N) is 1. The molecule has 0 fully saturated rings. The predicted molar refractivity (Wildman–Crippen MR) is 71.0 cm³/mol. The van der Waals surface area contributed by atoms with Gasteiger partial charge >= 0.3 is 0 Å². The summed E-state index contributed by atoms with van der Waals surface area (Å²) in [6.07, 6.45) is 3.35. The van der Waals surface area contributed by atoms with Crippen LogP contribution in [0.25, 0.3) is 0 Å². The van der Waals surface area contributed by atoms with E-state index in [0.717, 1.165) is 3.57 Å². The zero-order chi connectivity index (χ0) is 12.3. The fourth-order valence-corrected chi connectivity index (χ4v) is 1.53. The summed E-state index contributed by atoms with van der Waals surface area (Å²) in [5.41, 5.74) is 0.574. The first-order valence-corrected chi connectivity index (χ1v) is 5.85. The van der Waals surface area contributed by atoms with Gasteiger partial charge in [-0.2, -0.15) is 0 Å². The van der Waals surface area contributed by atoms with Crippen LogP contribution in [0, 0.1) is 9.39 Å². The number of benzene rings is 1. The Bertz CT molecular complexity index is 519. The number of anilines is 2. The predicted octanol–water partition coefficient (Wildman–Crippen LogP) is 2.97. The van der Waals surface area contributed by atoms with Gasteiger partial charge in [0.15, 0.2) is 11.6 Å². The van der Waals surface area contributed by atoms with Gasteiger partial charge in [-0.3, -0.25) is 0 Å². The SMILES string of the molecule is COc1ccc(Nc2ncc(I)cn2)cc1F. The Labute approximate surface area is 111 Å². The van der Waals surface area contributed by atoms with Crippen LogP contribution in [0.4, 0.5) is 16.0 Å². The molecular weight excluding hydrogens is 336 g/mol. The maximum atomic E-state index is 13.4. The molecule has 1 N–H and O–H groups in total. The molecule has 17 heavy (non-hydrogen) atoms. The van der Waals surface area contributed by atoms with Crippen molar-refractivity contribution in [3.05, 3.63) is 40.0 Å². The molecule has 0 unspecified atom stereocenters. The summed E-state index contributed by atoms with van der Waals surface area (Å²) >= 11 is 2.11. The molecule has 2 aromatic rings. The van der Waals surface area contributed by atoms with Crippen molar-refractivity contribution < 1.29 is 9.13 Å². The molecule has 0 aliphatic heterocycles. The van der Waals surface area contributed by atoms with E-state index in [1.165, 1.54) is 13.2 Å². The van der Waals surface area contributed by atoms with Crippen LogP contribution in [0.5, 0.6) is 5.75 Å². The Kier molecular flexibility index (Phi) is 3.72. The molecule has 0 radical (unpaired) electrons. The second-order valence-electron chi connectivity index (χ2n) is 3.20. The fraction of sp³-hybridized carbons (Fsp3) is 0.0909. The molecule has 1 aromatic carbocycles. The highest BCUT2D eigenvalue weighted by molar-refractivity contribution is 14.1. The highest BCUT2D eigenvalue weighted by Crippen LogP contribution is 2.22. The Morgan fingerprint density at radius 3 is 2.59 bits per heavy atom. The Hall–Kier alpha value is -1.44. The first kappa shape index (κ1) is 12.0. The average molecular weight is 345 g/mol. The molecule has 0 spiro atoms. The van der Waals surface area contributed by atoms with E-state index >= 15 is 0 Å². The van der Waals surface area contributed by atoms with Crippen LogP contribution in [0.1, 0.15) is 0 Å². The van der Waals surface area contributed by atoms with Crippen molar-refractivity contribution in [2.45, 2.75) is 0 Å². The third-order valence-electron chi connectivity index (χ3n) is 2.03. The summed E-state index contributed by atoms with van der Waals surface area (Å²) < 4.78 is 19.2. The van der Waals surface area contributed by atoms with Crippen molar-refractivity contribution in [1.29, 1.82) is 0 Å². The number of aromatic nitrogens is 2.